The Bertz CT molecular complexity index is 818. The molecule has 2 aliphatic rings. The molecule has 1 heterocycles. The van der Waals surface area contributed by atoms with Crippen LogP contribution >= 0.6 is 0 Å². The Labute approximate surface area is 166 Å². The molecule has 0 radical (unpaired) electrons. The summed E-state index contributed by atoms with van der Waals surface area (Å²) in [7, 11) is 0. The summed E-state index contributed by atoms with van der Waals surface area (Å²) in [5, 5.41) is 6.38. The van der Waals surface area contributed by atoms with Crippen LogP contribution in [0.5, 0.6) is 11.5 Å². The molecule has 4 rings (SSSR count). The van der Waals surface area contributed by atoms with Crippen molar-refractivity contribution in [1.82, 2.24) is 10.6 Å². The fourth-order valence-electron chi connectivity index (χ4n) is 3.78. The van der Waals surface area contributed by atoms with E-state index in [2.05, 4.69) is 36.6 Å². The van der Waals surface area contributed by atoms with Gasteiger partial charge in [-0.3, -0.25) is 0 Å². The summed E-state index contributed by atoms with van der Waals surface area (Å²) in [5.74, 6) is 2.31. The molecule has 1 saturated carbocycles. The normalized spacial score (nSPS) is 17.7. The highest BCUT2D eigenvalue weighted by Gasteiger charge is 2.34. The van der Waals surface area contributed by atoms with Crippen molar-refractivity contribution in [2.24, 2.45) is 11.8 Å². The van der Waals surface area contributed by atoms with Gasteiger partial charge in [0.1, 0.15) is 13.2 Å². The van der Waals surface area contributed by atoms with Crippen LogP contribution in [0.3, 0.4) is 0 Å². The maximum absolute atomic E-state index is 12.9. The van der Waals surface area contributed by atoms with Gasteiger partial charge in [0.2, 0.25) is 0 Å². The molecule has 5 nitrogen and oxygen atoms in total. The Morgan fingerprint density at radius 2 is 1.64 bits per heavy atom. The molecule has 2 unspecified atom stereocenters. The number of fused-ring (bicyclic) bond motifs is 1. The van der Waals surface area contributed by atoms with Crippen LogP contribution in [0.4, 0.5) is 4.79 Å². The topological polar surface area (TPSA) is 59.6 Å². The molecule has 148 valence electrons. The van der Waals surface area contributed by atoms with E-state index in [4.69, 9.17) is 9.47 Å². The first kappa shape index (κ1) is 18.7. The number of rotatable bonds is 6. The lowest BCUT2D eigenvalue weighted by Crippen LogP contribution is -2.42. The van der Waals surface area contributed by atoms with E-state index >= 15 is 0 Å². The van der Waals surface area contributed by atoms with Gasteiger partial charge >= 0.3 is 6.03 Å². The molecule has 0 bridgehead atoms. The van der Waals surface area contributed by atoms with E-state index in [1.807, 2.05) is 36.4 Å². The van der Waals surface area contributed by atoms with Gasteiger partial charge in [0.15, 0.2) is 11.5 Å². The third-order valence-electron chi connectivity index (χ3n) is 5.42. The van der Waals surface area contributed by atoms with Gasteiger partial charge < -0.3 is 20.1 Å². The maximum atomic E-state index is 12.9. The van der Waals surface area contributed by atoms with E-state index in [1.54, 1.807) is 0 Å². The first-order valence-electron chi connectivity index (χ1n) is 10.1. The van der Waals surface area contributed by atoms with Crippen molar-refractivity contribution in [3.05, 3.63) is 59.7 Å². The molecule has 2 aromatic carbocycles. The van der Waals surface area contributed by atoms with E-state index in [0.29, 0.717) is 25.0 Å². The Balaban J connectivity index is 1.48. The number of carbonyl (C=O) groups is 1. The van der Waals surface area contributed by atoms with Gasteiger partial charge in [0, 0.05) is 0 Å². The highest BCUT2D eigenvalue weighted by atomic mass is 16.6. The lowest BCUT2D eigenvalue weighted by Gasteiger charge is -2.26. The maximum Gasteiger partial charge on any atom is 0.315 e. The molecular formula is C23H28N2O3. The lowest BCUT2D eigenvalue weighted by atomic mass is 9.96. The highest BCUT2D eigenvalue weighted by molar-refractivity contribution is 5.75. The number of nitrogens with one attached hydrogen (secondary N) is 2. The van der Waals surface area contributed by atoms with Crippen LogP contribution in [0.25, 0.3) is 0 Å². The van der Waals surface area contributed by atoms with Crippen LogP contribution in [-0.2, 0) is 0 Å². The van der Waals surface area contributed by atoms with Crippen LogP contribution in [0.15, 0.2) is 48.5 Å². The molecule has 2 aromatic rings. The molecule has 2 amide bonds. The predicted octanol–water partition coefficient (Wildman–Crippen LogP) is 4.61. The Morgan fingerprint density at radius 3 is 2.32 bits per heavy atom. The van der Waals surface area contributed by atoms with Crippen molar-refractivity contribution in [2.75, 3.05) is 13.2 Å². The zero-order valence-electron chi connectivity index (χ0n) is 16.5. The van der Waals surface area contributed by atoms with Crippen molar-refractivity contribution in [1.29, 1.82) is 0 Å². The van der Waals surface area contributed by atoms with Gasteiger partial charge in [-0.1, -0.05) is 50.2 Å². The Morgan fingerprint density at radius 1 is 0.929 bits per heavy atom. The summed E-state index contributed by atoms with van der Waals surface area (Å²) >= 11 is 0. The summed E-state index contributed by atoms with van der Waals surface area (Å²) in [6, 6.07) is 15.9. The molecule has 1 aliphatic carbocycles. The minimum Gasteiger partial charge on any atom is -0.486 e. The molecule has 0 aromatic heterocycles. The van der Waals surface area contributed by atoms with Gasteiger partial charge in [-0.15, -0.1) is 0 Å². The molecular weight excluding hydrogens is 352 g/mol. The summed E-state index contributed by atoms with van der Waals surface area (Å²) in [6.45, 7) is 5.38. The smallest absolute Gasteiger partial charge is 0.315 e. The number of carbonyl (C=O) groups excluding carboxylic acids is 1. The minimum absolute atomic E-state index is 0.0144. The molecule has 0 saturated heterocycles. The fraction of sp³-hybridized carbons (Fsp3) is 0.435. The quantitative estimate of drug-likeness (QED) is 0.770. The largest absolute Gasteiger partial charge is 0.486 e. The summed E-state index contributed by atoms with van der Waals surface area (Å²) < 4.78 is 11.3. The van der Waals surface area contributed by atoms with E-state index in [-0.39, 0.29) is 18.1 Å². The number of hydrogen-bond acceptors (Lipinski definition) is 3. The minimum atomic E-state index is -0.130. The Hall–Kier alpha value is -2.69. The average molecular weight is 380 g/mol. The van der Waals surface area contributed by atoms with Crippen LogP contribution in [0.2, 0.25) is 0 Å². The third-order valence-corrected chi connectivity index (χ3v) is 5.42. The van der Waals surface area contributed by atoms with Gasteiger partial charge in [-0.05, 0) is 47.9 Å². The van der Waals surface area contributed by atoms with Gasteiger partial charge in [-0.2, -0.15) is 0 Å². The summed E-state index contributed by atoms with van der Waals surface area (Å²) in [6.07, 6.45) is 2.26. The summed E-state index contributed by atoms with van der Waals surface area (Å²) in [5.41, 5.74) is 2.19. The fourth-order valence-corrected chi connectivity index (χ4v) is 3.78. The molecule has 28 heavy (non-hydrogen) atoms. The molecule has 1 fully saturated rings. The molecule has 5 heteroatoms. The third kappa shape index (κ3) is 4.24. The van der Waals surface area contributed by atoms with Crippen molar-refractivity contribution >= 4 is 6.03 Å². The molecule has 0 spiro atoms. The van der Waals surface area contributed by atoms with Crippen LogP contribution in [0, 0.1) is 11.8 Å². The van der Waals surface area contributed by atoms with Crippen LogP contribution in [0.1, 0.15) is 49.9 Å². The van der Waals surface area contributed by atoms with Crippen molar-refractivity contribution < 1.29 is 14.3 Å². The second kappa shape index (κ2) is 8.13. The first-order chi connectivity index (χ1) is 13.6. The van der Waals surface area contributed by atoms with Crippen molar-refractivity contribution in [3.63, 3.8) is 0 Å². The second-order valence-electron chi connectivity index (χ2n) is 7.97. The highest BCUT2D eigenvalue weighted by Crippen LogP contribution is 2.43. The number of hydrogen-bond donors (Lipinski definition) is 2. The Kier molecular flexibility index (Phi) is 5.42. The zero-order valence-corrected chi connectivity index (χ0v) is 16.5. The molecule has 2 atom stereocenters. The van der Waals surface area contributed by atoms with Crippen LogP contribution < -0.4 is 20.1 Å². The van der Waals surface area contributed by atoms with Gasteiger partial charge in [0.25, 0.3) is 0 Å². The average Bonchev–Trinajstić information content (AvgIpc) is 3.55. The van der Waals surface area contributed by atoms with E-state index in [1.165, 1.54) is 0 Å². The number of urea groups is 1. The van der Waals surface area contributed by atoms with Crippen molar-refractivity contribution in [2.45, 2.75) is 38.8 Å². The van der Waals surface area contributed by atoms with Crippen molar-refractivity contribution in [3.8, 4) is 11.5 Å². The number of benzene rings is 2. The first-order valence-corrected chi connectivity index (χ1v) is 10.1. The van der Waals surface area contributed by atoms with Crippen LogP contribution in [-0.4, -0.2) is 19.2 Å². The molecule has 2 N–H and O–H groups in total. The monoisotopic (exact) mass is 380 g/mol. The lowest BCUT2D eigenvalue weighted by molar-refractivity contribution is 0.171. The number of amides is 2. The number of ether oxygens (including phenoxy) is 2. The summed E-state index contributed by atoms with van der Waals surface area (Å²) in [4.78, 5) is 12.9. The van der Waals surface area contributed by atoms with Gasteiger partial charge in [0.05, 0.1) is 12.1 Å². The van der Waals surface area contributed by atoms with E-state index < -0.39 is 0 Å². The standard InChI is InChI=1S/C23H28N2O3/c1-15(2)21(16-6-4-3-5-7-16)24-23(26)25-22(17-8-9-17)18-10-11-19-20(14-18)28-13-12-27-19/h3-7,10-11,14-15,17,21-22H,8-9,12-13H2,1-2H3,(H2,24,25,26). The van der Waals surface area contributed by atoms with E-state index in [9.17, 15) is 4.79 Å². The second-order valence-corrected chi connectivity index (χ2v) is 7.97. The van der Waals surface area contributed by atoms with Gasteiger partial charge in [-0.25, -0.2) is 4.79 Å². The predicted molar refractivity (Wildman–Crippen MR) is 109 cm³/mol. The van der Waals surface area contributed by atoms with E-state index in [0.717, 1.165) is 35.5 Å². The molecule has 1 aliphatic heterocycles. The SMILES string of the molecule is CC(C)C(NC(=O)NC(c1ccc2c(c1)OCCO2)C1CC1)c1ccccc1. The zero-order chi connectivity index (χ0) is 19.5.